The van der Waals surface area contributed by atoms with E-state index >= 15 is 0 Å². The molecule has 1 aromatic heterocycles. The van der Waals surface area contributed by atoms with Crippen LogP contribution < -0.4 is 10.6 Å². The number of anilines is 1. The number of benzene rings is 1. The van der Waals surface area contributed by atoms with Gasteiger partial charge in [-0.1, -0.05) is 26.8 Å². The quantitative estimate of drug-likeness (QED) is 0.661. The molecule has 0 saturated heterocycles. The number of furan rings is 1. The van der Waals surface area contributed by atoms with Gasteiger partial charge < -0.3 is 20.2 Å². The van der Waals surface area contributed by atoms with E-state index in [2.05, 4.69) is 33.3 Å². The van der Waals surface area contributed by atoms with Gasteiger partial charge >= 0.3 is 0 Å². The fraction of sp³-hybridized carbons (Fsp3) is 0.316. The van der Waals surface area contributed by atoms with Crippen LogP contribution in [0, 0.1) is 11.3 Å². The number of rotatable bonds is 5. The molecule has 0 bridgehead atoms. The number of hydrogen-bond acceptors (Lipinski definition) is 6. The van der Waals surface area contributed by atoms with Gasteiger partial charge in [0.05, 0.1) is 23.6 Å². The predicted molar refractivity (Wildman–Crippen MR) is 108 cm³/mol. The summed E-state index contributed by atoms with van der Waals surface area (Å²) in [5.41, 5.74) is 1.50. The van der Waals surface area contributed by atoms with Gasteiger partial charge in [-0.25, -0.2) is 4.21 Å². The summed E-state index contributed by atoms with van der Waals surface area (Å²) in [5, 5.41) is 25.3. The highest BCUT2D eigenvalue weighted by Gasteiger charge is 2.25. The Morgan fingerprint density at radius 3 is 2.71 bits per heavy atom. The number of hydrogen-bond donors (Lipinski definition) is 3. The molecule has 2 atom stereocenters. The monoisotopic (exact) mass is 399 g/mol. The van der Waals surface area contributed by atoms with Crippen molar-refractivity contribution in [2.45, 2.75) is 39.2 Å². The van der Waals surface area contributed by atoms with E-state index in [0.29, 0.717) is 18.2 Å². The first kappa shape index (κ1) is 19.6. The smallest absolute Gasteiger partial charge is 0.269 e. The molecule has 0 saturated carbocycles. The summed E-state index contributed by atoms with van der Waals surface area (Å²) in [6.07, 6.45) is 2.44. The lowest BCUT2D eigenvalue weighted by atomic mass is 10.1. The van der Waals surface area contributed by atoms with E-state index in [-0.39, 0.29) is 28.9 Å². The lowest BCUT2D eigenvalue weighted by molar-refractivity contribution is 0.439. The number of nitriles is 1. The van der Waals surface area contributed by atoms with E-state index < -0.39 is 11.2 Å². The van der Waals surface area contributed by atoms with Crippen LogP contribution in [-0.2, 0) is 11.2 Å². The Morgan fingerprint density at radius 1 is 1.32 bits per heavy atom. The van der Waals surface area contributed by atoms with Crippen LogP contribution >= 0.6 is 0 Å². The van der Waals surface area contributed by atoms with Crippen molar-refractivity contribution in [2.24, 2.45) is 8.80 Å². The summed E-state index contributed by atoms with van der Waals surface area (Å²) in [4.78, 5) is 0. The summed E-state index contributed by atoms with van der Waals surface area (Å²) in [6.45, 7) is 6.17. The number of aromatic hydroxyl groups is 1. The average molecular weight is 399 g/mol. The van der Waals surface area contributed by atoms with Gasteiger partial charge in [0.2, 0.25) is 0 Å². The summed E-state index contributed by atoms with van der Waals surface area (Å²) in [7, 11) is 0. The van der Waals surface area contributed by atoms with Gasteiger partial charge in [-0.15, -0.1) is 8.80 Å². The maximum atomic E-state index is 11.9. The topological polar surface area (TPSA) is 123 Å². The first-order chi connectivity index (χ1) is 13.4. The molecule has 2 unspecified atom stereocenters. The standard InChI is InChI=1S/C19H21N5O3S/c1-4-14(16-8-13(10-27-16)11(2)3)21-18-19(24-28(26)23-18)22-15-7-5-6-12(9-20)17(15)25/h5-8,10-11,14,25H,4H2,1-3H3,(H,21,23)(H,22,24). The van der Waals surface area contributed by atoms with Crippen molar-refractivity contribution in [3.05, 3.63) is 47.4 Å². The zero-order valence-corrected chi connectivity index (χ0v) is 16.6. The van der Waals surface area contributed by atoms with Crippen molar-refractivity contribution in [2.75, 3.05) is 5.32 Å². The van der Waals surface area contributed by atoms with Crippen LogP contribution in [0.4, 0.5) is 5.69 Å². The second-order valence-corrected chi connectivity index (χ2v) is 7.42. The predicted octanol–water partition coefficient (Wildman–Crippen LogP) is 3.52. The largest absolute Gasteiger partial charge is 0.504 e. The van der Waals surface area contributed by atoms with Crippen LogP contribution in [0.5, 0.6) is 5.75 Å². The summed E-state index contributed by atoms with van der Waals surface area (Å²) >= 11 is -1.77. The van der Waals surface area contributed by atoms with E-state index in [1.807, 2.05) is 19.1 Å². The number of para-hydroxylation sites is 1. The number of phenolic OH excluding ortho intramolecular Hbond substituents is 1. The van der Waals surface area contributed by atoms with Gasteiger partial charge in [0.1, 0.15) is 11.8 Å². The minimum Gasteiger partial charge on any atom is -0.504 e. The van der Waals surface area contributed by atoms with Crippen molar-refractivity contribution < 1.29 is 13.7 Å². The van der Waals surface area contributed by atoms with Crippen LogP contribution in [0.25, 0.3) is 0 Å². The maximum absolute atomic E-state index is 11.9. The number of phenols is 1. The van der Waals surface area contributed by atoms with E-state index in [0.717, 1.165) is 11.3 Å². The molecule has 0 aliphatic carbocycles. The van der Waals surface area contributed by atoms with E-state index in [1.165, 1.54) is 6.07 Å². The Morgan fingerprint density at radius 2 is 2.07 bits per heavy atom. The maximum Gasteiger partial charge on any atom is 0.269 e. The fourth-order valence-electron chi connectivity index (χ4n) is 2.70. The van der Waals surface area contributed by atoms with Gasteiger partial charge in [0.15, 0.2) is 17.4 Å². The van der Waals surface area contributed by atoms with Crippen LogP contribution in [0.15, 0.2) is 43.7 Å². The van der Waals surface area contributed by atoms with Crippen molar-refractivity contribution in [1.29, 1.82) is 5.26 Å². The average Bonchev–Trinajstić information content (AvgIpc) is 3.28. The molecule has 28 heavy (non-hydrogen) atoms. The Kier molecular flexibility index (Phi) is 5.80. The zero-order valence-electron chi connectivity index (χ0n) is 15.8. The second kappa shape index (κ2) is 8.27. The van der Waals surface area contributed by atoms with E-state index in [4.69, 9.17) is 9.68 Å². The second-order valence-electron chi connectivity index (χ2n) is 6.59. The fourth-order valence-corrected chi connectivity index (χ4v) is 3.32. The third kappa shape index (κ3) is 4.07. The van der Waals surface area contributed by atoms with E-state index in [1.54, 1.807) is 18.4 Å². The Hall–Kier alpha value is -3.12. The van der Waals surface area contributed by atoms with Crippen LogP contribution in [0.3, 0.4) is 0 Å². The zero-order chi connectivity index (χ0) is 20.3. The molecule has 3 N–H and O–H groups in total. The highest BCUT2D eigenvalue weighted by Crippen LogP contribution is 2.28. The van der Waals surface area contributed by atoms with Gasteiger partial charge in [-0.05, 0) is 36.1 Å². The molecular formula is C19H21N5O3S. The van der Waals surface area contributed by atoms with Gasteiger partial charge in [0, 0.05) is 0 Å². The normalized spacial score (nSPS) is 17.0. The first-order valence-corrected chi connectivity index (χ1v) is 9.93. The molecule has 9 heteroatoms. The lowest BCUT2D eigenvalue weighted by Gasteiger charge is -2.17. The number of amidine groups is 2. The minimum atomic E-state index is -1.77. The number of nitrogens with zero attached hydrogens (tertiary/aromatic N) is 3. The Labute approximate surface area is 165 Å². The molecule has 1 aliphatic heterocycles. The van der Waals surface area contributed by atoms with Crippen molar-refractivity contribution in [3.63, 3.8) is 0 Å². The van der Waals surface area contributed by atoms with Crippen LogP contribution in [0.2, 0.25) is 0 Å². The molecule has 8 nitrogen and oxygen atoms in total. The van der Waals surface area contributed by atoms with Crippen LogP contribution in [-0.4, -0.2) is 21.0 Å². The molecule has 2 aromatic rings. The van der Waals surface area contributed by atoms with Crippen molar-refractivity contribution in [1.82, 2.24) is 5.32 Å². The molecule has 0 spiro atoms. The molecule has 0 fully saturated rings. The Bertz CT molecular complexity index is 1000. The van der Waals surface area contributed by atoms with E-state index in [9.17, 15) is 9.32 Å². The summed E-state index contributed by atoms with van der Waals surface area (Å²) in [5.74, 6) is 1.41. The molecule has 0 radical (unpaired) electrons. The third-order valence-electron chi connectivity index (χ3n) is 4.34. The number of nitrogens with one attached hydrogen (secondary N) is 2. The molecular weight excluding hydrogens is 378 g/mol. The molecule has 2 heterocycles. The van der Waals surface area contributed by atoms with Gasteiger partial charge in [0.25, 0.3) is 11.2 Å². The molecule has 1 aliphatic rings. The summed E-state index contributed by atoms with van der Waals surface area (Å²) < 4.78 is 25.5. The van der Waals surface area contributed by atoms with Gasteiger partial charge in [-0.2, -0.15) is 5.26 Å². The highest BCUT2D eigenvalue weighted by molar-refractivity contribution is 7.83. The molecule has 0 amide bonds. The molecule has 1 aromatic carbocycles. The third-order valence-corrected chi connectivity index (χ3v) is 5.02. The Balaban J connectivity index is 1.81. The van der Waals surface area contributed by atoms with Crippen LogP contribution in [0.1, 0.15) is 56.0 Å². The van der Waals surface area contributed by atoms with Crippen molar-refractivity contribution >= 4 is 28.5 Å². The minimum absolute atomic E-state index is 0.124. The van der Waals surface area contributed by atoms with Crippen molar-refractivity contribution in [3.8, 4) is 11.8 Å². The molecule has 146 valence electrons. The van der Waals surface area contributed by atoms with Gasteiger partial charge in [-0.3, -0.25) is 0 Å². The highest BCUT2D eigenvalue weighted by atomic mass is 32.2. The SMILES string of the molecule is CCC(NC1=NS(=O)N=C1Nc1cccc(C#N)c1O)c1cc(C(C)C)co1. The summed E-state index contributed by atoms with van der Waals surface area (Å²) in [6, 6.07) is 8.43. The first-order valence-electron chi connectivity index (χ1n) is 8.86. The lowest BCUT2D eigenvalue weighted by Crippen LogP contribution is -2.36. The molecule has 3 rings (SSSR count).